The van der Waals surface area contributed by atoms with Crippen molar-refractivity contribution in [3.63, 3.8) is 0 Å². The van der Waals surface area contributed by atoms with E-state index in [-0.39, 0.29) is 0 Å². The zero-order chi connectivity index (χ0) is 13.7. The van der Waals surface area contributed by atoms with Gasteiger partial charge >= 0.3 is 0 Å². The van der Waals surface area contributed by atoms with Crippen LogP contribution in [0, 0.1) is 0 Å². The summed E-state index contributed by atoms with van der Waals surface area (Å²) < 4.78 is 0. The summed E-state index contributed by atoms with van der Waals surface area (Å²) in [4.78, 5) is 0. The smallest absolute Gasteiger partial charge is 0.107 e. The molecule has 0 aliphatic heterocycles. The van der Waals surface area contributed by atoms with Gasteiger partial charge in [-0.25, -0.2) is 0 Å². The molecule has 0 radical (unpaired) electrons. The molecule has 0 aliphatic carbocycles. The van der Waals surface area contributed by atoms with Gasteiger partial charge in [0.15, 0.2) is 0 Å². The van der Waals surface area contributed by atoms with Crippen LogP contribution in [-0.2, 0) is 6.42 Å². The maximum Gasteiger partial charge on any atom is 0.107 e. The Labute approximate surface area is 112 Å². The highest BCUT2D eigenvalue weighted by Crippen LogP contribution is 2.18. The maximum absolute atomic E-state index is 9.76. The molecule has 2 atom stereocenters. The molecule has 0 fully saturated rings. The first-order valence-corrected chi connectivity index (χ1v) is 6.30. The van der Waals surface area contributed by atoms with E-state index in [1.54, 1.807) is 12.1 Å². The minimum Gasteiger partial charge on any atom is -0.394 e. The van der Waals surface area contributed by atoms with Crippen LogP contribution in [-0.4, -0.2) is 28.0 Å². The SMILES string of the molecule is OCC(O)C(O)c1ccc(Cc2ccccc2)cc1. The lowest BCUT2D eigenvalue weighted by Crippen LogP contribution is -2.21. The van der Waals surface area contributed by atoms with Gasteiger partial charge in [0, 0.05) is 0 Å². The van der Waals surface area contributed by atoms with Gasteiger partial charge in [0.25, 0.3) is 0 Å². The first-order valence-electron chi connectivity index (χ1n) is 6.30. The Morgan fingerprint density at radius 1 is 0.789 bits per heavy atom. The third-order valence-electron chi connectivity index (χ3n) is 3.12. The quantitative estimate of drug-likeness (QED) is 0.764. The first kappa shape index (κ1) is 13.7. The van der Waals surface area contributed by atoms with Gasteiger partial charge < -0.3 is 15.3 Å². The Hall–Kier alpha value is -1.68. The summed E-state index contributed by atoms with van der Waals surface area (Å²) >= 11 is 0. The molecule has 0 spiro atoms. The fourth-order valence-corrected chi connectivity index (χ4v) is 1.99. The summed E-state index contributed by atoms with van der Waals surface area (Å²) in [6, 6.07) is 17.5. The minimum atomic E-state index is -1.14. The molecule has 3 heteroatoms. The second kappa shape index (κ2) is 6.48. The first-order chi connectivity index (χ1) is 9.20. The second-order valence-corrected chi connectivity index (χ2v) is 4.60. The average molecular weight is 258 g/mol. The van der Waals surface area contributed by atoms with Crippen molar-refractivity contribution in [1.82, 2.24) is 0 Å². The highest BCUT2D eigenvalue weighted by atomic mass is 16.4. The Morgan fingerprint density at radius 2 is 1.37 bits per heavy atom. The van der Waals surface area contributed by atoms with E-state index in [1.165, 1.54) is 5.56 Å². The van der Waals surface area contributed by atoms with Crippen molar-refractivity contribution in [2.45, 2.75) is 18.6 Å². The molecule has 2 unspecified atom stereocenters. The summed E-state index contributed by atoms with van der Waals surface area (Å²) in [5.74, 6) is 0. The lowest BCUT2D eigenvalue weighted by atomic mass is 10.00. The van der Waals surface area contributed by atoms with Crippen molar-refractivity contribution in [1.29, 1.82) is 0 Å². The average Bonchev–Trinajstić information content (AvgIpc) is 2.47. The predicted octanol–water partition coefficient (Wildman–Crippen LogP) is 1.66. The summed E-state index contributed by atoms with van der Waals surface area (Å²) in [6.07, 6.45) is -1.35. The van der Waals surface area contributed by atoms with Crippen molar-refractivity contribution < 1.29 is 15.3 Å². The monoisotopic (exact) mass is 258 g/mol. The fraction of sp³-hybridized carbons (Fsp3) is 0.250. The van der Waals surface area contributed by atoms with E-state index in [4.69, 9.17) is 5.11 Å². The predicted molar refractivity (Wildman–Crippen MR) is 73.7 cm³/mol. The minimum absolute atomic E-state index is 0.451. The largest absolute Gasteiger partial charge is 0.394 e. The van der Waals surface area contributed by atoms with E-state index in [9.17, 15) is 10.2 Å². The van der Waals surface area contributed by atoms with Gasteiger partial charge in [0.05, 0.1) is 6.61 Å². The lowest BCUT2D eigenvalue weighted by Gasteiger charge is -2.16. The van der Waals surface area contributed by atoms with Crippen LogP contribution in [0.5, 0.6) is 0 Å². The van der Waals surface area contributed by atoms with E-state index < -0.39 is 18.8 Å². The number of aliphatic hydroxyl groups excluding tert-OH is 3. The molecule has 2 aromatic rings. The van der Waals surface area contributed by atoms with Gasteiger partial charge in [-0.2, -0.15) is 0 Å². The summed E-state index contributed by atoms with van der Waals surface area (Å²) in [6.45, 7) is -0.451. The molecule has 0 heterocycles. The highest BCUT2D eigenvalue weighted by Gasteiger charge is 2.16. The lowest BCUT2D eigenvalue weighted by molar-refractivity contribution is -0.0152. The third kappa shape index (κ3) is 3.64. The molecule has 0 aromatic heterocycles. The molecule has 3 N–H and O–H groups in total. The Bertz CT molecular complexity index is 493. The molecule has 100 valence electrons. The van der Waals surface area contributed by atoms with Gasteiger partial charge in [0.1, 0.15) is 12.2 Å². The van der Waals surface area contributed by atoms with Crippen LogP contribution in [0.3, 0.4) is 0 Å². The van der Waals surface area contributed by atoms with Gasteiger partial charge in [-0.05, 0) is 23.1 Å². The second-order valence-electron chi connectivity index (χ2n) is 4.60. The van der Waals surface area contributed by atoms with Crippen molar-refractivity contribution in [2.24, 2.45) is 0 Å². The van der Waals surface area contributed by atoms with Gasteiger partial charge in [0.2, 0.25) is 0 Å². The van der Waals surface area contributed by atoms with Crippen LogP contribution in [0.15, 0.2) is 54.6 Å². The number of aliphatic hydroxyl groups is 3. The number of hydrogen-bond donors (Lipinski definition) is 3. The van der Waals surface area contributed by atoms with E-state index in [2.05, 4.69) is 12.1 Å². The number of hydrogen-bond acceptors (Lipinski definition) is 3. The van der Waals surface area contributed by atoms with E-state index in [0.29, 0.717) is 5.56 Å². The van der Waals surface area contributed by atoms with E-state index in [1.807, 2.05) is 30.3 Å². The van der Waals surface area contributed by atoms with Crippen molar-refractivity contribution in [2.75, 3.05) is 6.61 Å². The van der Waals surface area contributed by atoms with Gasteiger partial charge in [-0.1, -0.05) is 54.6 Å². The molecule has 0 saturated carbocycles. The molecular weight excluding hydrogens is 240 g/mol. The topological polar surface area (TPSA) is 60.7 Å². The van der Waals surface area contributed by atoms with Crippen LogP contribution in [0.1, 0.15) is 22.8 Å². The van der Waals surface area contributed by atoms with Crippen molar-refractivity contribution in [3.8, 4) is 0 Å². The number of benzene rings is 2. The summed E-state index contributed by atoms with van der Waals surface area (Å²) in [7, 11) is 0. The molecule has 2 aromatic carbocycles. The molecule has 0 aliphatic rings. The van der Waals surface area contributed by atoms with Crippen molar-refractivity contribution >= 4 is 0 Å². The maximum atomic E-state index is 9.76. The summed E-state index contributed by atoms with van der Waals surface area (Å²) in [5.41, 5.74) is 2.98. The van der Waals surface area contributed by atoms with Crippen LogP contribution >= 0.6 is 0 Å². The van der Waals surface area contributed by atoms with E-state index >= 15 is 0 Å². The summed E-state index contributed by atoms with van der Waals surface area (Å²) in [5, 5.41) is 27.9. The van der Waals surface area contributed by atoms with Crippen LogP contribution < -0.4 is 0 Å². The molecule has 0 bridgehead atoms. The third-order valence-corrected chi connectivity index (χ3v) is 3.12. The molecule has 19 heavy (non-hydrogen) atoms. The Kier molecular flexibility index (Phi) is 4.68. The zero-order valence-corrected chi connectivity index (χ0v) is 10.6. The Balaban J connectivity index is 2.06. The molecular formula is C16H18O3. The fourth-order valence-electron chi connectivity index (χ4n) is 1.99. The van der Waals surface area contributed by atoms with Gasteiger partial charge in [-0.15, -0.1) is 0 Å². The Morgan fingerprint density at radius 3 is 1.95 bits per heavy atom. The van der Waals surface area contributed by atoms with E-state index in [0.717, 1.165) is 12.0 Å². The normalized spacial score (nSPS) is 14.1. The standard InChI is InChI=1S/C16H18O3/c17-11-15(18)16(19)14-8-6-13(7-9-14)10-12-4-2-1-3-5-12/h1-9,15-19H,10-11H2. The van der Waals surface area contributed by atoms with Crippen LogP contribution in [0.25, 0.3) is 0 Å². The zero-order valence-electron chi connectivity index (χ0n) is 10.6. The molecule has 0 saturated heterocycles. The van der Waals surface area contributed by atoms with Crippen LogP contribution in [0.4, 0.5) is 0 Å². The van der Waals surface area contributed by atoms with Crippen molar-refractivity contribution in [3.05, 3.63) is 71.3 Å². The molecule has 3 nitrogen and oxygen atoms in total. The number of rotatable bonds is 5. The molecule has 0 amide bonds. The van der Waals surface area contributed by atoms with Crippen LogP contribution in [0.2, 0.25) is 0 Å². The van der Waals surface area contributed by atoms with Gasteiger partial charge in [-0.3, -0.25) is 0 Å². The highest BCUT2D eigenvalue weighted by molar-refractivity contribution is 5.29. The molecule has 2 rings (SSSR count).